The van der Waals surface area contributed by atoms with Crippen LogP contribution in [0, 0.1) is 6.92 Å². The smallest absolute Gasteiger partial charge is 0.124 e. The largest absolute Gasteiger partial charge is 0.490 e. The first-order chi connectivity index (χ1) is 11.8. The summed E-state index contributed by atoms with van der Waals surface area (Å²) in [5, 5.41) is 6.94. The molecule has 3 rings (SSSR count). The van der Waals surface area contributed by atoms with E-state index in [2.05, 4.69) is 46.8 Å². The van der Waals surface area contributed by atoms with E-state index < -0.39 is 0 Å². The quantitative estimate of drug-likeness (QED) is 0.722. The number of rotatable bonds is 8. The summed E-state index contributed by atoms with van der Waals surface area (Å²) in [6.45, 7) is 4.69. The molecule has 4 nitrogen and oxygen atoms in total. The number of ether oxygens (including phenoxy) is 1. The molecule has 4 heteroatoms. The van der Waals surface area contributed by atoms with Crippen molar-refractivity contribution in [3.05, 3.63) is 53.9 Å². The monoisotopic (exact) mass is 325 g/mol. The van der Waals surface area contributed by atoms with E-state index in [-0.39, 0.29) is 0 Å². The van der Waals surface area contributed by atoms with Gasteiger partial charge in [0.25, 0.3) is 0 Å². The summed E-state index contributed by atoms with van der Waals surface area (Å²) in [4.78, 5) is 4.11. The number of benzene rings is 1. The molecule has 0 spiro atoms. The Morgan fingerprint density at radius 2 is 1.96 bits per heavy atom. The van der Waals surface area contributed by atoms with Crippen molar-refractivity contribution in [1.82, 2.24) is 10.3 Å². The predicted molar refractivity (Wildman–Crippen MR) is 98.5 cm³/mol. The van der Waals surface area contributed by atoms with Crippen LogP contribution in [-0.2, 0) is 6.54 Å². The van der Waals surface area contributed by atoms with Crippen LogP contribution in [0.15, 0.2) is 42.7 Å². The van der Waals surface area contributed by atoms with Crippen LogP contribution in [0.1, 0.15) is 36.8 Å². The maximum Gasteiger partial charge on any atom is 0.124 e. The zero-order chi connectivity index (χ0) is 16.6. The first-order valence-corrected chi connectivity index (χ1v) is 8.92. The van der Waals surface area contributed by atoms with E-state index in [4.69, 9.17) is 4.74 Å². The van der Waals surface area contributed by atoms with Crippen molar-refractivity contribution in [2.75, 3.05) is 18.4 Å². The fraction of sp³-hybridized carbons (Fsp3) is 0.450. The molecular formula is C20H27N3O. The van der Waals surface area contributed by atoms with Crippen molar-refractivity contribution in [2.24, 2.45) is 0 Å². The van der Waals surface area contributed by atoms with Crippen LogP contribution in [0.3, 0.4) is 0 Å². The van der Waals surface area contributed by atoms with Crippen molar-refractivity contribution in [3.8, 4) is 5.75 Å². The fourth-order valence-corrected chi connectivity index (χ4v) is 3.13. The highest BCUT2D eigenvalue weighted by molar-refractivity contribution is 5.48. The van der Waals surface area contributed by atoms with Crippen molar-refractivity contribution >= 4 is 5.69 Å². The Kier molecular flexibility index (Phi) is 6.07. The second-order valence-electron chi connectivity index (χ2n) is 6.43. The molecule has 1 fully saturated rings. The highest BCUT2D eigenvalue weighted by atomic mass is 16.5. The average molecular weight is 325 g/mol. The lowest BCUT2D eigenvalue weighted by molar-refractivity contribution is 0.207. The fourth-order valence-electron chi connectivity index (χ4n) is 3.13. The van der Waals surface area contributed by atoms with Gasteiger partial charge in [-0.3, -0.25) is 4.98 Å². The third-order valence-corrected chi connectivity index (χ3v) is 4.52. The molecule has 1 aliphatic rings. The highest BCUT2D eigenvalue weighted by Crippen LogP contribution is 2.26. The molecule has 1 aliphatic carbocycles. The third-order valence-electron chi connectivity index (χ3n) is 4.52. The molecule has 0 bridgehead atoms. The van der Waals surface area contributed by atoms with E-state index in [0.717, 1.165) is 31.1 Å². The van der Waals surface area contributed by atoms with E-state index >= 15 is 0 Å². The zero-order valence-corrected chi connectivity index (χ0v) is 14.4. The van der Waals surface area contributed by atoms with Crippen LogP contribution >= 0.6 is 0 Å². The topological polar surface area (TPSA) is 46.2 Å². The van der Waals surface area contributed by atoms with Crippen molar-refractivity contribution in [3.63, 3.8) is 0 Å². The number of aryl methyl sites for hydroxylation is 1. The van der Waals surface area contributed by atoms with Gasteiger partial charge in [0.1, 0.15) is 5.75 Å². The van der Waals surface area contributed by atoms with Gasteiger partial charge in [-0.25, -0.2) is 0 Å². The molecule has 1 heterocycles. The number of anilines is 1. The second kappa shape index (κ2) is 8.69. The van der Waals surface area contributed by atoms with Crippen LogP contribution < -0.4 is 15.4 Å². The van der Waals surface area contributed by atoms with Gasteiger partial charge < -0.3 is 15.4 Å². The molecule has 0 atom stereocenters. The summed E-state index contributed by atoms with van der Waals surface area (Å²) >= 11 is 0. The number of hydrogen-bond donors (Lipinski definition) is 2. The Morgan fingerprint density at radius 3 is 2.79 bits per heavy atom. The number of nitrogens with one attached hydrogen (secondary N) is 2. The maximum atomic E-state index is 6.19. The van der Waals surface area contributed by atoms with Crippen LogP contribution in [-0.4, -0.2) is 24.2 Å². The highest BCUT2D eigenvalue weighted by Gasteiger charge is 2.17. The van der Waals surface area contributed by atoms with E-state index in [1.165, 1.54) is 36.8 Å². The number of hydrogen-bond acceptors (Lipinski definition) is 4. The summed E-state index contributed by atoms with van der Waals surface area (Å²) in [7, 11) is 0. The minimum absolute atomic E-state index is 0.405. The van der Waals surface area contributed by atoms with Gasteiger partial charge in [0.05, 0.1) is 6.10 Å². The van der Waals surface area contributed by atoms with E-state index in [0.29, 0.717) is 6.10 Å². The van der Waals surface area contributed by atoms with Gasteiger partial charge in [-0.15, -0.1) is 0 Å². The Morgan fingerprint density at radius 1 is 1.12 bits per heavy atom. The number of pyridine rings is 1. The number of aromatic nitrogens is 1. The Hall–Kier alpha value is -2.07. The van der Waals surface area contributed by atoms with Crippen LogP contribution in [0.5, 0.6) is 5.75 Å². The molecule has 1 aromatic carbocycles. The maximum absolute atomic E-state index is 6.19. The molecule has 0 radical (unpaired) electrons. The van der Waals surface area contributed by atoms with Crippen LogP contribution in [0.25, 0.3) is 0 Å². The summed E-state index contributed by atoms with van der Waals surface area (Å²) < 4.78 is 6.19. The summed E-state index contributed by atoms with van der Waals surface area (Å²) in [6.07, 6.45) is 9.08. The van der Waals surface area contributed by atoms with Gasteiger partial charge in [0, 0.05) is 43.3 Å². The number of nitrogens with zero attached hydrogens (tertiary/aromatic N) is 1. The lowest BCUT2D eigenvalue weighted by Crippen LogP contribution is -2.22. The molecule has 24 heavy (non-hydrogen) atoms. The molecule has 1 saturated carbocycles. The molecule has 0 aliphatic heterocycles. The van der Waals surface area contributed by atoms with E-state index in [1.54, 1.807) is 0 Å². The molecule has 2 aromatic rings. The molecule has 0 unspecified atom stereocenters. The molecule has 0 amide bonds. The first-order valence-electron chi connectivity index (χ1n) is 8.92. The zero-order valence-electron chi connectivity index (χ0n) is 14.4. The van der Waals surface area contributed by atoms with E-state index in [1.807, 2.05) is 18.5 Å². The van der Waals surface area contributed by atoms with Crippen molar-refractivity contribution in [2.45, 2.75) is 45.3 Å². The van der Waals surface area contributed by atoms with Crippen LogP contribution in [0.4, 0.5) is 5.69 Å². The number of para-hydroxylation sites is 1. The van der Waals surface area contributed by atoms with Gasteiger partial charge in [-0.05, 0) is 50.3 Å². The summed E-state index contributed by atoms with van der Waals surface area (Å²) in [5.74, 6) is 1.04. The van der Waals surface area contributed by atoms with Gasteiger partial charge in [0.15, 0.2) is 0 Å². The molecule has 128 valence electrons. The molecule has 1 aromatic heterocycles. The summed E-state index contributed by atoms with van der Waals surface area (Å²) in [6, 6.07) is 10.4. The Labute approximate surface area is 144 Å². The van der Waals surface area contributed by atoms with Crippen molar-refractivity contribution < 1.29 is 4.74 Å². The van der Waals surface area contributed by atoms with Gasteiger partial charge in [0.2, 0.25) is 0 Å². The molecule has 2 N–H and O–H groups in total. The van der Waals surface area contributed by atoms with Crippen LogP contribution in [0.2, 0.25) is 0 Å². The van der Waals surface area contributed by atoms with E-state index in [9.17, 15) is 0 Å². The van der Waals surface area contributed by atoms with Gasteiger partial charge in [-0.1, -0.05) is 18.2 Å². The van der Waals surface area contributed by atoms with Crippen molar-refractivity contribution in [1.29, 1.82) is 0 Å². The molecular weight excluding hydrogens is 298 g/mol. The second-order valence-corrected chi connectivity index (χ2v) is 6.43. The average Bonchev–Trinajstić information content (AvgIpc) is 3.11. The predicted octanol–water partition coefficient (Wildman–Crippen LogP) is 3.91. The summed E-state index contributed by atoms with van der Waals surface area (Å²) in [5.41, 5.74) is 3.56. The van der Waals surface area contributed by atoms with Gasteiger partial charge in [-0.2, -0.15) is 0 Å². The standard InChI is InChI=1S/C20H27N3O/c1-16-14-21-11-10-19(16)23-13-12-22-15-17-6-2-5-9-20(17)24-18-7-3-4-8-18/h2,5-6,9-11,14,18,22H,3-4,7-8,12-13,15H2,1H3,(H,21,23). The Bertz CT molecular complexity index is 638. The third kappa shape index (κ3) is 4.71. The first kappa shape index (κ1) is 16.8. The lowest BCUT2D eigenvalue weighted by Gasteiger charge is -2.17. The molecule has 0 saturated heterocycles. The Balaban J connectivity index is 1.44. The normalized spacial score (nSPS) is 14.7. The van der Waals surface area contributed by atoms with Gasteiger partial charge >= 0.3 is 0 Å². The lowest BCUT2D eigenvalue weighted by atomic mass is 10.2. The minimum atomic E-state index is 0.405. The SMILES string of the molecule is Cc1cnccc1NCCNCc1ccccc1OC1CCCC1. The minimum Gasteiger partial charge on any atom is -0.490 e.